The van der Waals surface area contributed by atoms with Crippen molar-refractivity contribution >= 4 is 5.69 Å². The molecular weight excluding hydrogens is 240 g/mol. The maximum Gasteiger partial charge on any atom is 0.0637 e. The molecule has 1 rings (SSSR count). The van der Waals surface area contributed by atoms with E-state index in [-0.39, 0.29) is 0 Å². The fourth-order valence-corrected chi connectivity index (χ4v) is 2.00. The summed E-state index contributed by atoms with van der Waals surface area (Å²) in [6.07, 6.45) is 1.03. The predicted molar refractivity (Wildman–Crippen MR) is 79.8 cm³/mol. The Morgan fingerprint density at radius 3 is 2.26 bits per heavy atom. The number of ether oxygens (including phenoxy) is 2. The first-order valence-electron chi connectivity index (χ1n) is 6.78. The minimum atomic E-state index is 0.741. The van der Waals surface area contributed by atoms with Gasteiger partial charge in [0.15, 0.2) is 0 Å². The number of nitrogens with one attached hydrogen (secondary N) is 1. The van der Waals surface area contributed by atoms with Crippen LogP contribution in [0.2, 0.25) is 0 Å². The van der Waals surface area contributed by atoms with Gasteiger partial charge in [-0.2, -0.15) is 0 Å². The van der Waals surface area contributed by atoms with E-state index in [1.165, 1.54) is 11.3 Å². The van der Waals surface area contributed by atoms with E-state index in [1.54, 1.807) is 14.2 Å². The standard InChI is InChI=1S/C15H26N2O2/c1-16-13-14-5-7-15(8-6-14)17(10-12-19-3)9-4-11-18-2/h5-8,16H,4,9-13H2,1-3H3. The van der Waals surface area contributed by atoms with Crippen LogP contribution in [0.5, 0.6) is 0 Å². The normalized spacial score (nSPS) is 10.7. The molecule has 0 spiro atoms. The molecule has 0 radical (unpaired) electrons. The summed E-state index contributed by atoms with van der Waals surface area (Å²) in [6.45, 7) is 4.34. The molecule has 0 bridgehead atoms. The summed E-state index contributed by atoms with van der Waals surface area (Å²) in [6, 6.07) is 8.69. The lowest BCUT2D eigenvalue weighted by Crippen LogP contribution is -2.29. The largest absolute Gasteiger partial charge is 0.385 e. The Kier molecular flexibility index (Phi) is 8.21. The van der Waals surface area contributed by atoms with Gasteiger partial charge in [-0.05, 0) is 31.2 Å². The van der Waals surface area contributed by atoms with E-state index in [0.717, 1.165) is 39.3 Å². The van der Waals surface area contributed by atoms with Crippen molar-refractivity contribution in [1.82, 2.24) is 5.32 Å². The van der Waals surface area contributed by atoms with Crippen LogP contribution >= 0.6 is 0 Å². The smallest absolute Gasteiger partial charge is 0.0637 e. The molecule has 1 aromatic rings. The van der Waals surface area contributed by atoms with E-state index < -0.39 is 0 Å². The van der Waals surface area contributed by atoms with Crippen LogP contribution in [0.25, 0.3) is 0 Å². The lowest BCUT2D eigenvalue weighted by molar-refractivity contribution is 0.191. The van der Waals surface area contributed by atoms with E-state index in [9.17, 15) is 0 Å². The molecule has 0 heterocycles. The Bertz CT molecular complexity index is 327. The summed E-state index contributed by atoms with van der Waals surface area (Å²) in [5.74, 6) is 0. The highest BCUT2D eigenvalue weighted by Crippen LogP contribution is 2.15. The number of nitrogens with zero attached hydrogens (tertiary/aromatic N) is 1. The van der Waals surface area contributed by atoms with Gasteiger partial charge in [-0.25, -0.2) is 0 Å². The summed E-state index contributed by atoms with van der Waals surface area (Å²) in [4.78, 5) is 2.34. The minimum absolute atomic E-state index is 0.741. The van der Waals surface area contributed by atoms with Crippen molar-refractivity contribution in [3.05, 3.63) is 29.8 Å². The number of anilines is 1. The van der Waals surface area contributed by atoms with Gasteiger partial charge in [0, 0.05) is 46.1 Å². The Balaban J connectivity index is 2.60. The molecule has 4 heteroatoms. The van der Waals surface area contributed by atoms with Gasteiger partial charge in [-0.1, -0.05) is 12.1 Å². The second-order valence-corrected chi connectivity index (χ2v) is 4.52. The molecule has 108 valence electrons. The van der Waals surface area contributed by atoms with Crippen molar-refractivity contribution in [3.63, 3.8) is 0 Å². The van der Waals surface area contributed by atoms with Gasteiger partial charge < -0.3 is 19.7 Å². The number of hydrogen-bond acceptors (Lipinski definition) is 4. The van der Waals surface area contributed by atoms with Crippen LogP contribution < -0.4 is 10.2 Å². The molecule has 0 amide bonds. The molecule has 4 nitrogen and oxygen atoms in total. The minimum Gasteiger partial charge on any atom is -0.385 e. The van der Waals surface area contributed by atoms with E-state index in [0.29, 0.717) is 0 Å². The molecule has 1 aromatic carbocycles. The maximum atomic E-state index is 5.18. The lowest BCUT2D eigenvalue weighted by atomic mass is 10.2. The highest BCUT2D eigenvalue weighted by atomic mass is 16.5. The highest BCUT2D eigenvalue weighted by Gasteiger charge is 2.06. The van der Waals surface area contributed by atoms with Gasteiger partial charge in [-0.3, -0.25) is 0 Å². The molecule has 0 aliphatic heterocycles. The quantitative estimate of drug-likeness (QED) is 0.656. The zero-order valence-corrected chi connectivity index (χ0v) is 12.3. The van der Waals surface area contributed by atoms with Gasteiger partial charge in [0.2, 0.25) is 0 Å². The molecule has 0 aliphatic carbocycles. The monoisotopic (exact) mass is 266 g/mol. The van der Waals surface area contributed by atoms with Crippen LogP contribution in [0.1, 0.15) is 12.0 Å². The summed E-state index contributed by atoms with van der Waals surface area (Å²) < 4.78 is 10.3. The van der Waals surface area contributed by atoms with Crippen molar-refractivity contribution in [2.45, 2.75) is 13.0 Å². The van der Waals surface area contributed by atoms with Crippen LogP contribution in [0.15, 0.2) is 24.3 Å². The first-order valence-corrected chi connectivity index (χ1v) is 6.78. The van der Waals surface area contributed by atoms with E-state index in [1.807, 2.05) is 7.05 Å². The molecule has 0 saturated heterocycles. The van der Waals surface area contributed by atoms with Gasteiger partial charge in [0.25, 0.3) is 0 Å². The molecule has 0 unspecified atom stereocenters. The third kappa shape index (κ3) is 6.05. The zero-order chi connectivity index (χ0) is 13.9. The number of hydrogen-bond donors (Lipinski definition) is 1. The average Bonchev–Trinajstić information content (AvgIpc) is 2.44. The molecule has 0 atom stereocenters. The first kappa shape index (κ1) is 16.0. The van der Waals surface area contributed by atoms with Crippen molar-refractivity contribution in [2.24, 2.45) is 0 Å². The second kappa shape index (κ2) is 9.78. The third-order valence-corrected chi connectivity index (χ3v) is 3.02. The average molecular weight is 266 g/mol. The number of rotatable bonds is 10. The van der Waals surface area contributed by atoms with E-state index in [2.05, 4.69) is 34.5 Å². The van der Waals surface area contributed by atoms with Gasteiger partial charge >= 0.3 is 0 Å². The molecule has 0 saturated carbocycles. The Morgan fingerprint density at radius 1 is 1.00 bits per heavy atom. The Hall–Kier alpha value is -1.10. The van der Waals surface area contributed by atoms with Gasteiger partial charge in [0.1, 0.15) is 0 Å². The van der Waals surface area contributed by atoms with Crippen LogP contribution in [0.4, 0.5) is 5.69 Å². The molecule has 19 heavy (non-hydrogen) atoms. The van der Waals surface area contributed by atoms with E-state index in [4.69, 9.17) is 9.47 Å². The van der Waals surface area contributed by atoms with E-state index >= 15 is 0 Å². The van der Waals surface area contributed by atoms with Crippen molar-refractivity contribution in [3.8, 4) is 0 Å². The van der Waals surface area contributed by atoms with Crippen molar-refractivity contribution < 1.29 is 9.47 Å². The molecular formula is C15H26N2O2. The van der Waals surface area contributed by atoms with Crippen LogP contribution in [0.3, 0.4) is 0 Å². The van der Waals surface area contributed by atoms with Crippen LogP contribution in [-0.2, 0) is 16.0 Å². The Morgan fingerprint density at radius 2 is 1.68 bits per heavy atom. The summed E-state index contributed by atoms with van der Waals surface area (Å²) in [5, 5.41) is 3.16. The summed E-state index contributed by atoms with van der Waals surface area (Å²) >= 11 is 0. The lowest BCUT2D eigenvalue weighted by Gasteiger charge is -2.24. The van der Waals surface area contributed by atoms with Crippen molar-refractivity contribution in [2.75, 3.05) is 52.5 Å². The maximum absolute atomic E-state index is 5.18. The summed E-state index contributed by atoms with van der Waals surface area (Å²) in [7, 11) is 5.44. The fraction of sp³-hybridized carbons (Fsp3) is 0.600. The van der Waals surface area contributed by atoms with Crippen molar-refractivity contribution in [1.29, 1.82) is 0 Å². The molecule has 0 aliphatic rings. The van der Waals surface area contributed by atoms with Gasteiger partial charge in [0.05, 0.1) is 6.61 Å². The molecule has 1 N–H and O–H groups in total. The number of methoxy groups -OCH3 is 2. The van der Waals surface area contributed by atoms with Gasteiger partial charge in [-0.15, -0.1) is 0 Å². The topological polar surface area (TPSA) is 33.7 Å². The highest BCUT2D eigenvalue weighted by molar-refractivity contribution is 5.47. The van der Waals surface area contributed by atoms with Crippen LogP contribution in [0, 0.1) is 0 Å². The fourth-order valence-electron chi connectivity index (χ4n) is 2.00. The molecule has 0 aromatic heterocycles. The van der Waals surface area contributed by atoms with Crippen LogP contribution in [-0.4, -0.2) is 47.6 Å². The SMILES string of the molecule is CNCc1ccc(N(CCCOC)CCOC)cc1. The molecule has 0 fully saturated rings. The third-order valence-electron chi connectivity index (χ3n) is 3.02. The zero-order valence-electron chi connectivity index (χ0n) is 12.3. The predicted octanol–water partition coefficient (Wildman–Crippen LogP) is 1.90. The number of benzene rings is 1. The summed E-state index contributed by atoms with van der Waals surface area (Å²) in [5.41, 5.74) is 2.54. The first-order chi connectivity index (χ1) is 9.31. The Labute approximate surface area is 116 Å². The second-order valence-electron chi connectivity index (χ2n) is 4.52.